The van der Waals surface area contributed by atoms with Gasteiger partial charge in [-0.05, 0) is 45.0 Å². The van der Waals surface area contributed by atoms with E-state index in [0.717, 1.165) is 0 Å². The summed E-state index contributed by atoms with van der Waals surface area (Å²) in [6.45, 7) is 6.38. The van der Waals surface area contributed by atoms with Crippen LogP contribution in [0.15, 0.2) is 24.3 Å². The first-order valence-electron chi connectivity index (χ1n) is 6.03. The molecule has 1 N–H and O–H groups in total. The highest BCUT2D eigenvalue weighted by atomic mass is 16.7. The van der Waals surface area contributed by atoms with Crippen LogP contribution in [0.25, 0.3) is 0 Å². The molecule has 0 aliphatic heterocycles. The third-order valence-corrected chi connectivity index (χ3v) is 2.03. The number of hydrogen-bond acceptors (Lipinski definition) is 6. The Labute approximate surface area is 117 Å². The smallest absolute Gasteiger partial charge is 0.432 e. The van der Waals surface area contributed by atoms with Crippen molar-refractivity contribution in [2.24, 2.45) is 0 Å². The van der Waals surface area contributed by atoms with Crippen LogP contribution in [-0.2, 0) is 14.3 Å². The van der Waals surface area contributed by atoms with Gasteiger partial charge in [0.05, 0.1) is 0 Å². The molecule has 1 aromatic rings. The summed E-state index contributed by atoms with van der Waals surface area (Å²) in [5, 5.41) is 9.54. The molecule has 1 unspecified atom stereocenters. The maximum atomic E-state index is 11.4. The van der Waals surface area contributed by atoms with Crippen molar-refractivity contribution in [3.63, 3.8) is 0 Å². The third kappa shape index (κ3) is 5.71. The first kappa shape index (κ1) is 16.0. The Morgan fingerprint density at radius 2 is 1.70 bits per heavy atom. The number of carbonyl (C=O) groups is 2. The molecule has 0 aliphatic rings. The van der Waals surface area contributed by atoms with Gasteiger partial charge in [-0.25, -0.2) is 4.79 Å². The molecule has 0 radical (unpaired) electrons. The number of aliphatic hydroxyl groups excluding tert-OH is 1. The number of ether oxygens (including phenoxy) is 3. The molecule has 0 fully saturated rings. The Bertz CT molecular complexity index is 471. The van der Waals surface area contributed by atoms with Crippen LogP contribution in [0.1, 0.15) is 39.5 Å². The van der Waals surface area contributed by atoms with Crippen molar-refractivity contribution < 1.29 is 28.9 Å². The Kier molecular flexibility index (Phi) is 5.10. The van der Waals surface area contributed by atoms with Crippen molar-refractivity contribution in [2.75, 3.05) is 0 Å². The summed E-state index contributed by atoms with van der Waals surface area (Å²) in [6, 6.07) is 5.89. The molecule has 0 bridgehead atoms. The fraction of sp³-hybridized carbons (Fsp3) is 0.429. The van der Waals surface area contributed by atoms with Crippen LogP contribution in [0.4, 0.5) is 4.79 Å². The van der Waals surface area contributed by atoms with E-state index in [-0.39, 0.29) is 5.75 Å². The molecule has 0 aromatic heterocycles. The van der Waals surface area contributed by atoms with E-state index < -0.39 is 24.0 Å². The van der Waals surface area contributed by atoms with Crippen molar-refractivity contribution in [1.82, 2.24) is 0 Å². The molecule has 0 heterocycles. The lowest BCUT2D eigenvalue weighted by Crippen LogP contribution is -2.25. The van der Waals surface area contributed by atoms with Crippen molar-refractivity contribution in [1.29, 1.82) is 0 Å². The van der Waals surface area contributed by atoms with Gasteiger partial charge in [-0.3, -0.25) is 4.79 Å². The van der Waals surface area contributed by atoms with Crippen LogP contribution in [0, 0.1) is 0 Å². The van der Waals surface area contributed by atoms with Crippen molar-refractivity contribution in [3.05, 3.63) is 29.8 Å². The van der Waals surface area contributed by atoms with E-state index in [2.05, 4.69) is 4.74 Å². The van der Waals surface area contributed by atoms with E-state index >= 15 is 0 Å². The molecule has 1 rings (SSSR count). The molecule has 20 heavy (non-hydrogen) atoms. The second-order valence-corrected chi connectivity index (χ2v) is 5.10. The van der Waals surface area contributed by atoms with Gasteiger partial charge in [0.2, 0.25) is 6.29 Å². The molecule has 6 nitrogen and oxygen atoms in total. The lowest BCUT2D eigenvalue weighted by atomic mass is 10.2. The number of carbonyl (C=O) groups excluding carboxylic acids is 2. The van der Waals surface area contributed by atoms with E-state index in [1.807, 2.05) is 0 Å². The molecule has 1 atom stereocenters. The average Bonchev–Trinajstić information content (AvgIpc) is 2.26. The molecular weight excluding hydrogens is 264 g/mol. The predicted molar refractivity (Wildman–Crippen MR) is 70.0 cm³/mol. The van der Waals surface area contributed by atoms with Gasteiger partial charge >= 0.3 is 12.1 Å². The van der Waals surface area contributed by atoms with Gasteiger partial charge in [0.25, 0.3) is 0 Å². The Morgan fingerprint density at radius 3 is 2.15 bits per heavy atom. The van der Waals surface area contributed by atoms with E-state index in [9.17, 15) is 14.7 Å². The maximum absolute atomic E-state index is 11.4. The molecule has 0 saturated heterocycles. The summed E-state index contributed by atoms with van der Waals surface area (Å²) in [5.41, 5.74) is -0.264. The molecule has 6 heteroatoms. The molecule has 0 amide bonds. The van der Waals surface area contributed by atoms with Crippen LogP contribution in [-0.4, -0.2) is 22.8 Å². The normalized spacial score (nSPS) is 12.4. The Balaban J connectivity index is 2.63. The minimum Gasteiger partial charge on any atom is -0.432 e. The summed E-state index contributed by atoms with van der Waals surface area (Å²) in [6.07, 6.45) is -2.16. The van der Waals surface area contributed by atoms with Gasteiger partial charge < -0.3 is 19.3 Å². The summed E-state index contributed by atoms with van der Waals surface area (Å²) >= 11 is 0. The van der Waals surface area contributed by atoms with E-state index in [1.165, 1.54) is 31.2 Å². The summed E-state index contributed by atoms with van der Waals surface area (Å²) < 4.78 is 14.6. The quantitative estimate of drug-likeness (QED) is 0.521. The summed E-state index contributed by atoms with van der Waals surface area (Å²) in [5.74, 6) is -0.329. The van der Waals surface area contributed by atoms with E-state index in [0.29, 0.717) is 5.56 Å². The van der Waals surface area contributed by atoms with Crippen molar-refractivity contribution in [3.8, 4) is 5.75 Å². The third-order valence-electron chi connectivity index (χ3n) is 2.03. The van der Waals surface area contributed by atoms with Gasteiger partial charge in [-0.1, -0.05) is 0 Å². The van der Waals surface area contributed by atoms with E-state index in [4.69, 9.17) is 9.47 Å². The number of rotatable bonds is 3. The second-order valence-electron chi connectivity index (χ2n) is 5.10. The largest absolute Gasteiger partial charge is 0.514 e. The molecule has 0 spiro atoms. The highest BCUT2D eigenvalue weighted by molar-refractivity contribution is 5.66. The molecule has 110 valence electrons. The fourth-order valence-corrected chi connectivity index (χ4v) is 1.29. The van der Waals surface area contributed by atoms with Crippen LogP contribution in [0.5, 0.6) is 5.75 Å². The molecular formula is C14H18O6. The van der Waals surface area contributed by atoms with Gasteiger partial charge in [-0.2, -0.15) is 0 Å². The van der Waals surface area contributed by atoms with Crippen molar-refractivity contribution >= 4 is 12.1 Å². The van der Waals surface area contributed by atoms with Gasteiger partial charge in [0, 0.05) is 12.5 Å². The Hall–Kier alpha value is -2.08. The standard InChI is InChI=1S/C14H18O6/c1-9(15)18-12(16)10-5-7-11(8-6-10)19-13(17)20-14(2,3)4/h5-8,12,16H,1-4H3. The molecule has 1 aromatic carbocycles. The average molecular weight is 282 g/mol. The molecule has 0 saturated carbocycles. The lowest BCUT2D eigenvalue weighted by Gasteiger charge is -2.18. The summed E-state index contributed by atoms with van der Waals surface area (Å²) in [4.78, 5) is 22.1. The lowest BCUT2D eigenvalue weighted by molar-refractivity contribution is -0.166. The first-order valence-corrected chi connectivity index (χ1v) is 6.03. The monoisotopic (exact) mass is 282 g/mol. The van der Waals surface area contributed by atoms with Gasteiger partial charge in [0.15, 0.2) is 0 Å². The van der Waals surface area contributed by atoms with Crippen LogP contribution < -0.4 is 4.74 Å². The first-order chi connectivity index (χ1) is 9.17. The number of esters is 1. The topological polar surface area (TPSA) is 82.1 Å². The second kappa shape index (κ2) is 6.38. The minimum absolute atomic E-state index is 0.262. The highest BCUT2D eigenvalue weighted by Gasteiger charge is 2.18. The van der Waals surface area contributed by atoms with Gasteiger partial charge in [-0.15, -0.1) is 0 Å². The molecule has 0 aliphatic carbocycles. The number of benzene rings is 1. The van der Waals surface area contributed by atoms with Crippen LogP contribution in [0.2, 0.25) is 0 Å². The predicted octanol–water partition coefficient (Wildman–Crippen LogP) is 2.55. The summed E-state index contributed by atoms with van der Waals surface area (Å²) in [7, 11) is 0. The van der Waals surface area contributed by atoms with Crippen LogP contribution in [0.3, 0.4) is 0 Å². The maximum Gasteiger partial charge on any atom is 0.514 e. The zero-order valence-electron chi connectivity index (χ0n) is 11.9. The van der Waals surface area contributed by atoms with Crippen LogP contribution >= 0.6 is 0 Å². The fourth-order valence-electron chi connectivity index (χ4n) is 1.29. The SMILES string of the molecule is CC(=O)OC(O)c1ccc(OC(=O)OC(C)(C)C)cc1. The number of aliphatic hydroxyl groups is 1. The van der Waals surface area contributed by atoms with Gasteiger partial charge in [0.1, 0.15) is 11.4 Å². The van der Waals surface area contributed by atoms with Crippen molar-refractivity contribution in [2.45, 2.75) is 39.6 Å². The minimum atomic E-state index is -1.34. The van der Waals surface area contributed by atoms with E-state index in [1.54, 1.807) is 20.8 Å². The number of hydrogen-bond donors (Lipinski definition) is 1. The zero-order valence-corrected chi connectivity index (χ0v) is 11.9. The Morgan fingerprint density at radius 1 is 1.15 bits per heavy atom. The highest BCUT2D eigenvalue weighted by Crippen LogP contribution is 2.20. The zero-order chi connectivity index (χ0) is 15.3.